The van der Waals surface area contributed by atoms with Crippen LogP contribution in [0.25, 0.3) is 0 Å². The molecule has 2 nitrogen and oxygen atoms in total. The first-order valence-corrected chi connectivity index (χ1v) is 7.86. The summed E-state index contributed by atoms with van der Waals surface area (Å²) in [7, 11) is -3.03. The molecule has 5 heteroatoms. The van der Waals surface area contributed by atoms with Gasteiger partial charge in [-0.15, -0.1) is 11.6 Å². The van der Waals surface area contributed by atoms with Crippen molar-refractivity contribution in [1.29, 1.82) is 0 Å². The molecule has 0 radical (unpaired) electrons. The number of sulfone groups is 1. The summed E-state index contributed by atoms with van der Waals surface area (Å²) < 4.78 is 36.3. The average Bonchev–Trinajstić information content (AvgIpc) is 2.32. The summed E-state index contributed by atoms with van der Waals surface area (Å²) in [4.78, 5) is 0. The smallest absolute Gasteiger partial charge is 0.150 e. The third-order valence-electron chi connectivity index (χ3n) is 2.75. The molecule has 96 valence electrons. The molecule has 0 aliphatic rings. The van der Waals surface area contributed by atoms with E-state index in [0.717, 1.165) is 0 Å². The minimum Gasteiger partial charge on any atom is -0.229 e. The predicted molar refractivity (Wildman–Crippen MR) is 68.8 cm³/mol. The van der Waals surface area contributed by atoms with Crippen LogP contribution in [0.5, 0.6) is 0 Å². The lowest BCUT2D eigenvalue weighted by Gasteiger charge is -2.14. The van der Waals surface area contributed by atoms with Crippen molar-refractivity contribution >= 4 is 21.4 Å². The zero-order valence-corrected chi connectivity index (χ0v) is 11.3. The third kappa shape index (κ3) is 4.28. The maximum Gasteiger partial charge on any atom is 0.150 e. The lowest BCUT2D eigenvalue weighted by molar-refractivity contribution is 0.573. The van der Waals surface area contributed by atoms with Gasteiger partial charge in [-0.3, -0.25) is 0 Å². The van der Waals surface area contributed by atoms with E-state index in [1.165, 1.54) is 6.07 Å². The molecule has 1 atom stereocenters. The summed E-state index contributed by atoms with van der Waals surface area (Å²) in [6.45, 7) is 1.61. The van der Waals surface area contributed by atoms with E-state index in [-0.39, 0.29) is 29.1 Å². The van der Waals surface area contributed by atoms with Gasteiger partial charge in [-0.1, -0.05) is 25.1 Å². The topological polar surface area (TPSA) is 34.1 Å². The van der Waals surface area contributed by atoms with Crippen LogP contribution in [-0.4, -0.2) is 25.8 Å². The van der Waals surface area contributed by atoms with Crippen LogP contribution in [0.4, 0.5) is 4.39 Å². The first kappa shape index (κ1) is 14.5. The second-order valence-corrected chi connectivity index (χ2v) is 6.68. The molecule has 0 spiro atoms. The van der Waals surface area contributed by atoms with Gasteiger partial charge < -0.3 is 0 Å². The maximum absolute atomic E-state index is 13.5. The molecule has 1 unspecified atom stereocenters. The molecule has 1 rings (SSSR count). The summed E-state index contributed by atoms with van der Waals surface area (Å²) in [5.74, 6) is -0.194. The van der Waals surface area contributed by atoms with E-state index in [1.807, 2.05) is 0 Å². The molecule has 0 fully saturated rings. The lowest BCUT2D eigenvalue weighted by Crippen LogP contribution is -2.14. The molecule has 1 aromatic carbocycles. The highest BCUT2D eigenvalue weighted by Crippen LogP contribution is 2.24. The molecule has 0 saturated heterocycles. The molecule has 0 heterocycles. The van der Waals surface area contributed by atoms with Crippen molar-refractivity contribution in [2.24, 2.45) is 0 Å². The number of rotatable bonds is 6. The second-order valence-electron chi connectivity index (χ2n) is 3.90. The summed E-state index contributed by atoms with van der Waals surface area (Å²) in [5.41, 5.74) is 0.494. The van der Waals surface area contributed by atoms with Crippen LogP contribution < -0.4 is 0 Å². The highest BCUT2D eigenvalue weighted by Gasteiger charge is 2.17. The second kappa shape index (κ2) is 6.36. The van der Waals surface area contributed by atoms with Crippen LogP contribution >= 0.6 is 11.6 Å². The van der Waals surface area contributed by atoms with Gasteiger partial charge in [0.1, 0.15) is 15.7 Å². The monoisotopic (exact) mass is 278 g/mol. The first-order valence-electron chi connectivity index (χ1n) is 5.51. The number of hydrogen-bond donors (Lipinski definition) is 0. The van der Waals surface area contributed by atoms with Crippen molar-refractivity contribution in [3.8, 4) is 0 Å². The molecule has 0 amide bonds. The minimum atomic E-state index is -3.03. The number of halogens is 2. The molecular weight excluding hydrogens is 263 g/mol. The Labute approximate surface area is 107 Å². The minimum absolute atomic E-state index is 0.0508. The van der Waals surface area contributed by atoms with E-state index < -0.39 is 9.84 Å². The van der Waals surface area contributed by atoms with Crippen molar-refractivity contribution in [2.45, 2.75) is 19.3 Å². The summed E-state index contributed by atoms with van der Waals surface area (Å²) in [6, 6.07) is 6.35. The van der Waals surface area contributed by atoms with Gasteiger partial charge in [0, 0.05) is 17.6 Å². The van der Waals surface area contributed by atoms with Gasteiger partial charge in [0.05, 0.1) is 5.75 Å². The van der Waals surface area contributed by atoms with E-state index in [2.05, 4.69) is 0 Å². The largest absolute Gasteiger partial charge is 0.229 e. The van der Waals surface area contributed by atoms with Crippen molar-refractivity contribution in [3.05, 3.63) is 35.6 Å². The van der Waals surface area contributed by atoms with E-state index in [0.29, 0.717) is 12.0 Å². The average molecular weight is 279 g/mol. The first-order chi connectivity index (χ1) is 8.00. The predicted octanol–water partition coefficient (Wildman–Crippen LogP) is 2.97. The van der Waals surface area contributed by atoms with Gasteiger partial charge in [0.2, 0.25) is 0 Å². The zero-order valence-electron chi connectivity index (χ0n) is 9.70. The van der Waals surface area contributed by atoms with Crippen LogP contribution in [0.3, 0.4) is 0 Å². The normalized spacial score (nSPS) is 13.6. The Hall–Kier alpha value is -0.610. The van der Waals surface area contributed by atoms with Crippen LogP contribution in [0.15, 0.2) is 24.3 Å². The fourth-order valence-corrected chi connectivity index (χ4v) is 2.84. The van der Waals surface area contributed by atoms with Crippen molar-refractivity contribution in [1.82, 2.24) is 0 Å². The molecule has 0 N–H and O–H groups in total. The summed E-state index contributed by atoms with van der Waals surface area (Å²) >= 11 is 5.78. The Bertz CT molecular complexity index is 459. The Balaban J connectivity index is 2.77. The highest BCUT2D eigenvalue weighted by molar-refractivity contribution is 7.91. The van der Waals surface area contributed by atoms with Crippen molar-refractivity contribution in [3.63, 3.8) is 0 Å². The van der Waals surface area contributed by atoms with Gasteiger partial charge in [-0.2, -0.15) is 0 Å². The fourth-order valence-electron chi connectivity index (χ4n) is 1.59. The Morgan fingerprint density at radius 2 is 2.00 bits per heavy atom. The molecule has 0 aromatic heterocycles. The number of hydrogen-bond acceptors (Lipinski definition) is 2. The zero-order chi connectivity index (χ0) is 12.9. The SMILES string of the molecule is CCS(=O)(=O)CCC(CCl)c1ccccc1F. The van der Waals surface area contributed by atoms with Gasteiger partial charge in [0.25, 0.3) is 0 Å². The molecule has 0 aliphatic carbocycles. The van der Waals surface area contributed by atoms with Gasteiger partial charge >= 0.3 is 0 Å². The molecule has 0 bridgehead atoms. The Kier molecular flexibility index (Phi) is 5.40. The van der Waals surface area contributed by atoms with Crippen LogP contribution in [0, 0.1) is 5.82 Å². The molecule has 0 aliphatic heterocycles. The summed E-state index contributed by atoms with van der Waals surface area (Å²) in [6.07, 6.45) is 0.362. The Morgan fingerprint density at radius 3 is 2.53 bits per heavy atom. The molecule has 17 heavy (non-hydrogen) atoms. The molecule has 1 aromatic rings. The number of alkyl halides is 1. The quantitative estimate of drug-likeness (QED) is 0.750. The van der Waals surface area contributed by atoms with Crippen LogP contribution in [0.2, 0.25) is 0 Å². The number of benzene rings is 1. The molecular formula is C12H16ClFO2S. The maximum atomic E-state index is 13.5. The van der Waals surface area contributed by atoms with E-state index in [1.54, 1.807) is 25.1 Å². The van der Waals surface area contributed by atoms with Crippen LogP contribution in [0.1, 0.15) is 24.8 Å². The van der Waals surface area contributed by atoms with Crippen molar-refractivity contribution in [2.75, 3.05) is 17.4 Å². The summed E-state index contributed by atoms with van der Waals surface area (Å²) in [5, 5.41) is 0. The van der Waals surface area contributed by atoms with Gasteiger partial charge in [0.15, 0.2) is 0 Å². The van der Waals surface area contributed by atoms with E-state index in [9.17, 15) is 12.8 Å². The van der Waals surface area contributed by atoms with Gasteiger partial charge in [-0.25, -0.2) is 12.8 Å². The highest BCUT2D eigenvalue weighted by atomic mass is 35.5. The lowest BCUT2D eigenvalue weighted by atomic mass is 9.98. The Morgan fingerprint density at radius 1 is 1.35 bits per heavy atom. The van der Waals surface area contributed by atoms with E-state index in [4.69, 9.17) is 11.6 Å². The third-order valence-corrected chi connectivity index (χ3v) is 4.86. The standard InChI is InChI=1S/C12H16ClFO2S/c1-2-17(15,16)8-7-10(9-13)11-5-3-4-6-12(11)14/h3-6,10H,2,7-9H2,1H3. The van der Waals surface area contributed by atoms with E-state index >= 15 is 0 Å². The van der Waals surface area contributed by atoms with Crippen molar-refractivity contribution < 1.29 is 12.8 Å². The van der Waals surface area contributed by atoms with Crippen LogP contribution in [-0.2, 0) is 9.84 Å². The van der Waals surface area contributed by atoms with Gasteiger partial charge in [-0.05, 0) is 18.1 Å². The molecule has 0 saturated carbocycles. The fraction of sp³-hybridized carbons (Fsp3) is 0.500.